The lowest BCUT2D eigenvalue weighted by Crippen LogP contribution is -2.44. The Bertz CT molecular complexity index is 874. The minimum absolute atomic E-state index is 0.0532. The SMILES string of the molecule is CC(=O)N1CCc2ccc(NS(=O)(=O)C3C(Cl)N=C4SCCN43)cc21. The molecule has 1 saturated heterocycles. The highest BCUT2D eigenvalue weighted by atomic mass is 35.5. The van der Waals surface area contributed by atoms with E-state index in [0.717, 1.165) is 23.4 Å². The number of alkyl halides is 1. The Morgan fingerprint density at radius 1 is 1.40 bits per heavy atom. The maximum atomic E-state index is 12.9. The highest BCUT2D eigenvalue weighted by Crippen LogP contribution is 2.35. The van der Waals surface area contributed by atoms with Crippen LogP contribution < -0.4 is 9.62 Å². The summed E-state index contributed by atoms with van der Waals surface area (Å²) in [4.78, 5) is 19.4. The van der Waals surface area contributed by atoms with E-state index in [9.17, 15) is 13.2 Å². The summed E-state index contributed by atoms with van der Waals surface area (Å²) in [6, 6.07) is 5.29. The molecule has 0 aliphatic carbocycles. The number of hydrogen-bond acceptors (Lipinski definition) is 6. The first-order valence-corrected chi connectivity index (χ1v) is 10.9. The van der Waals surface area contributed by atoms with Gasteiger partial charge < -0.3 is 9.80 Å². The molecule has 1 aromatic carbocycles. The van der Waals surface area contributed by atoms with Gasteiger partial charge in [-0.3, -0.25) is 9.52 Å². The molecule has 2 atom stereocenters. The number of halogens is 1. The van der Waals surface area contributed by atoms with Gasteiger partial charge in [0.15, 0.2) is 16.0 Å². The Hall–Kier alpha value is -1.45. The van der Waals surface area contributed by atoms with E-state index in [1.54, 1.807) is 21.9 Å². The molecule has 25 heavy (non-hydrogen) atoms. The fraction of sp³-hybridized carbons (Fsp3) is 0.467. The van der Waals surface area contributed by atoms with Crippen molar-refractivity contribution in [1.82, 2.24) is 4.90 Å². The molecule has 7 nitrogen and oxygen atoms in total. The number of carbonyl (C=O) groups is 1. The molecule has 1 N–H and O–H groups in total. The van der Waals surface area contributed by atoms with E-state index in [2.05, 4.69) is 9.71 Å². The van der Waals surface area contributed by atoms with E-state index in [0.29, 0.717) is 23.9 Å². The van der Waals surface area contributed by atoms with Gasteiger partial charge >= 0.3 is 0 Å². The van der Waals surface area contributed by atoms with Crippen LogP contribution in [0.2, 0.25) is 0 Å². The third kappa shape index (κ3) is 2.88. The van der Waals surface area contributed by atoms with Crippen LogP contribution >= 0.6 is 23.4 Å². The number of nitrogens with zero attached hydrogens (tertiary/aromatic N) is 3. The quantitative estimate of drug-likeness (QED) is 0.616. The average Bonchev–Trinajstić information content (AvgIpc) is 3.19. The minimum Gasteiger partial charge on any atom is -0.329 e. The summed E-state index contributed by atoms with van der Waals surface area (Å²) in [6.45, 7) is 2.74. The molecule has 134 valence electrons. The number of carbonyl (C=O) groups excluding carboxylic acids is 1. The first-order chi connectivity index (χ1) is 11.9. The van der Waals surface area contributed by atoms with E-state index in [4.69, 9.17) is 11.6 Å². The van der Waals surface area contributed by atoms with Crippen LogP contribution in [-0.4, -0.2) is 54.1 Å². The standard InChI is InChI=1S/C15H17ClN4O3S2/c1-9(21)19-5-4-10-2-3-11(8-12(10)19)18-25(22,23)14-13(16)17-15-20(14)6-7-24-15/h2-3,8,13-14,18H,4-7H2,1H3. The van der Waals surface area contributed by atoms with Crippen LogP contribution in [0.1, 0.15) is 12.5 Å². The molecule has 0 saturated carbocycles. The number of sulfonamides is 1. The highest BCUT2D eigenvalue weighted by molar-refractivity contribution is 8.14. The zero-order valence-corrected chi connectivity index (χ0v) is 15.9. The van der Waals surface area contributed by atoms with E-state index >= 15 is 0 Å². The second-order valence-corrected chi connectivity index (χ2v) is 9.41. The molecule has 1 aromatic rings. The summed E-state index contributed by atoms with van der Waals surface area (Å²) >= 11 is 7.69. The molecule has 1 fully saturated rings. The largest absolute Gasteiger partial charge is 0.329 e. The van der Waals surface area contributed by atoms with Crippen LogP contribution in [-0.2, 0) is 21.2 Å². The minimum atomic E-state index is -3.76. The van der Waals surface area contributed by atoms with Gasteiger partial charge in [0.05, 0.1) is 5.69 Å². The molecule has 0 radical (unpaired) electrons. The third-order valence-electron chi connectivity index (χ3n) is 4.52. The van der Waals surface area contributed by atoms with E-state index in [-0.39, 0.29) is 5.91 Å². The lowest BCUT2D eigenvalue weighted by atomic mass is 10.1. The molecule has 3 aliphatic rings. The van der Waals surface area contributed by atoms with E-state index in [1.165, 1.54) is 18.7 Å². The fourth-order valence-electron chi connectivity index (χ4n) is 3.39. The summed E-state index contributed by atoms with van der Waals surface area (Å²) in [6.07, 6.45) is 0.774. The van der Waals surface area contributed by atoms with Gasteiger partial charge in [0.25, 0.3) is 10.0 Å². The number of aliphatic imine (C=N–C) groups is 1. The first-order valence-electron chi connectivity index (χ1n) is 7.91. The molecule has 1 amide bonds. The number of amidine groups is 1. The predicted molar refractivity (Wildman–Crippen MR) is 101 cm³/mol. The van der Waals surface area contributed by atoms with Crippen molar-refractivity contribution in [3.63, 3.8) is 0 Å². The van der Waals surface area contributed by atoms with Crippen LogP contribution in [0.4, 0.5) is 11.4 Å². The zero-order valence-electron chi connectivity index (χ0n) is 13.5. The molecule has 2 unspecified atom stereocenters. The van der Waals surface area contributed by atoms with Crippen LogP contribution in [0.5, 0.6) is 0 Å². The monoisotopic (exact) mass is 400 g/mol. The second kappa shape index (κ2) is 6.07. The smallest absolute Gasteiger partial charge is 0.257 e. The van der Waals surface area contributed by atoms with Crippen molar-refractivity contribution < 1.29 is 13.2 Å². The Morgan fingerprint density at radius 3 is 2.96 bits per heavy atom. The summed E-state index contributed by atoms with van der Waals surface area (Å²) in [5, 5.41) is -0.233. The van der Waals surface area contributed by atoms with Crippen molar-refractivity contribution in [2.75, 3.05) is 28.5 Å². The molecule has 3 heterocycles. The summed E-state index contributed by atoms with van der Waals surface area (Å²) in [7, 11) is -3.76. The molecule has 10 heteroatoms. The summed E-state index contributed by atoms with van der Waals surface area (Å²) in [5.74, 6) is 0.753. The van der Waals surface area contributed by atoms with Gasteiger partial charge in [-0.2, -0.15) is 0 Å². The van der Waals surface area contributed by atoms with Crippen LogP contribution in [0, 0.1) is 0 Å². The van der Waals surface area contributed by atoms with Crippen LogP contribution in [0.15, 0.2) is 23.2 Å². The maximum Gasteiger partial charge on any atom is 0.257 e. The van der Waals surface area contributed by atoms with E-state index in [1.807, 2.05) is 6.07 Å². The van der Waals surface area contributed by atoms with Crippen molar-refractivity contribution >= 4 is 55.8 Å². The Morgan fingerprint density at radius 2 is 2.20 bits per heavy atom. The topological polar surface area (TPSA) is 82.1 Å². The van der Waals surface area contributed by atoms with Gasteiger partial charge in [0.2, 0.25) is 5.91 Å². The fourth-order valence-corrected chi connectivity index (χ4v) is 6.65. The van der Waals surface area contributed by atoms with Gasteiger partial charge in [0.1, 0.15) is 0 Å². The number of nitrogens with one attached hydrogen (secondary N) is 1. The normalized spacial score (nSPS) is 25.0. The molecule has 3 aliphatic heterocycles. The number of benzene rings is 1. The van der Waals surface area contributed by atoms with Crippen molar-refractivity contribution in [3.8, 4) is 0 Å². The third-order valence-corrected chi connectivity index (χ3v) is 7.66. The number of hydrogen-bond donors (Lipinski definition) is 1. The van der Waals surface area contributed by atoms with Crippen molar-refractivity contribution in [3.05, 3.63) is 23.8 Å². The molecule has 0 spiro atoms. The number of thioether (sulfide) groups is 1. The molecule has 0 aromatic heterocycles. The number of fused-ring (bicyclic) bond motifs is 2. The molecular formula is C15H17ClN4O3S2. The lowest BCUT2D eigenvalue weighted by molar-refractivity contribution is -0.116. The van der Waals surface area contributed by atoms with Gasteiger partial charge in [-0.05, 0) is 24.1 Å². The second-order valence-electron chi connectivity index (χ2n) is 6.13. The van der Waals surface area contributed by atoms with Crippen LogP contribution in [0.25, 0.3) is 0 Å². The molecular weight excluding hydrogens is 384 g/mol. The predicted octanol–water partition coefficient (Wildman–Crippen LogP) is 1.65. The van der Waals surface area contributed by atoms with Gasteiger partial charge in [-0.15, -0.1) is 0 Å². The Balaban J connectivity index is 1.60. The average molecular weight is 401 g/mol. The summed E-state index contributed by atoms with van der Waals surface area (Å²) in [5.41, 5.74) is 1.39. The molecule has 0 bridgehead atoms. The summed E-state index contributed by atoms with van der Waals surface area (Å²) < 4.78 is 28.4. The van der Waals surface area contributed by atoms with Crippen molar-refractivity contribution in [2.45, 2.75) is 24.2 Å². The van der Waals surface area contributed by atoms with Crippen LogP contribution in [0.3, 0.4) is 0 Å². The highest BCUT2D eigenvalue weighted by Gasteiger charge is 2.46. The number of rotatable bonds is 3. The lowest BCUT2D eigenvalue weighted by Gasteiger charge is -2.24. The Kier molecular flexibility index (Phi) is 4.12. The Labute approximate surface area is 155 Å². The van der Waals surface area contributed by atoms with Gasteiger partial charge in [-0.25, -0.2) is 13.4 Å². The van der Waals surface area contributed by atoms with E-state index < -0.39 is 20.9 Å². The van der Waals surface area contributed by atoms with Gasteiger partial charge in [0, 0.05) is 31.5 Å². The number of anilines is 2. The zero-order chi connectivity index (χ0) is 17.8. The number of amides is 1. The first kappa shape index (κ1) is 17.0. The van der Waals surface area contributed by atoms with Gasteiger partial charge in [-0.1, -0.05) is 29.4 Å². The maximum absolute atomic E-state index is 12.9. The van der Waals surface area contributed by atoms with Crippen molar-refractivity contribution in [1.29, 1.82) is 0 Å². The molecule has 4 rings (SSSR count). The van der Waals surface area contributed by atoms with Crippen molar-refractivity contribution in [2.24, 2.45) is 4.99 Å².